The van der Waals surface area contributed by atoms with Crippen LogP contribution in [0.3, 0.4) is 0 Å². The Balaban J connectivity index is 1.70. The molecular weight excluding hydrogens is 296 g/mol. The van der Waals surface area contributed by atoms with Gasteiger partial charge >= 0.3 is 0 Å². The van der Waals surface area contributed by atoms with Crippen LogP contribution in [0.4, 0.5) is 0 Å². The number of rotatable bonds is 5. The number of hydrogen-bond acceptors (Lipinski definition) is 2. The summed E-state index contributed by atoms with van der Waals surface area (Å²) in [6.45, 7) is 4.47. The maximum Gasteiger partial charge on any atom is 0.253 e. The number of benzene rings is 2. The Bertz CT molecular complexity index is 676. The average Bonchev–Trinajstić information content (AvgIpc) is 3.11. The molecule has 1 fully saturated rings. The summed E-state index contributed by atoms with van der Waals surface area (Å²) in [6, 6.07) is 16.7. The zero-order valence-corrected chi connectivity index (χ0v) is 14.4. The molecule has 1 atom stereocenters. The fourth-order valence-corrected chi connectivity index (χ4v) is 3.35. The number of nitrogens with two attached hydrogens (primary N) is 1. The SMILES string of the molecule is CCCc1ccc(-c2ccc(C(=O)N3CC[C@H](CN)C3)cc2)cc1. The van der Waals surface area contributed by atoms with Gasteiger partial charge in [0.1, 0.15) is 0 Å². The minimum Gasteiger partial charge on any atom is -0.338 e. The van der Waals surface area contributed by atoms with E-state index in [1.165, 1.54) is 11.1 Å². The van der Waals surface area contributed by atoms with Gasteiger partial charge in [-0.15, -0.1) is 0 Å². The van der Waals surface area contributed by atoms with Crippen molar-refractivity contribution in [2.24, 2.45) is 11.7 Å². The molecule has 3 rings (SSSR count). The zero-order valence-electron chi connectivity index (χ0n) is 14.4. The van der Waals surface area contributed by atoms with Crippen molar-refractivity contribution in [2.45, 2.75) is 26.2 Å². The number of likely N-dealkylation sites (tertiary alicyclic amines) is 1. The molecule has 126 valence electrons. The molecule has 3 nitrogen and oxygen atoms in total. The first kappa shape index (κ1) is 16.7. The van der Waals surface area contributed by atoms with Gasteiger partial charge in [-0.1, -0.05) is 49.7 Å². The smallest absolute Gasteiger partial charge is 0.253 e. The molecule has 3 heteroatoms. The number of carbonyl (C=O) groups excluding carboxylic acids is 1. The number of amides is 1. The molecule has 2 aromatic rings. The summed E-state index contributed by atoms with van der Waals surface area (Å²) in [5.41, 5.74) is 10.2. The maximum absolute atomic E-state index is 12.6. The van der Waals surface area contributed by atoms with Crippen LogP contribution in [0.1, 0.15) is 35.7 Å². The van der Waals surface area contributed by atoms with Crippen molar-refractivity contribution in [3.8, 4) is 11.1 Å². The van der Waals surface area contributed by atoms with E-state index >= 15 is 0 Å². The summed E-state index contributed by atoms with van der Waals surface area (Å²) in [4.78, 5) is 14.5. The van der Waals surface area contributed by atoms with Gasteiger partial charge in [0.15, 0.2) is 0 Å². The van der Waals surface area contributed by atoms with Gasteiger partial charge in [0.05, 0.1) is 0 Å². The molecule has 1 aliphatic heterocycles. The highest BCUT2D eigenvalue weighted by Gasteiger charge is 2.25. The van der Waals surface area contributed by atoms with Gasteiger partial charge < -0.3 is 10.6 Å². The lowest BCUT2D eigenvalue weighted by atomic mass is 10.0. The first-order valence-electron chi connectivity index (χ1n) is 8.90. The van der Waals surface area contributed by atoms with E-state index in [-0.39, 0.29) is 5.91 Å². The maximum atomic E-state index is 12.6. The summed E-state index contributed by atoms with van der Waals surface area (Å²) < 4.78 is 0. The van der Waals surface area contributed by atoms with Gasteiger partial charge in [-0.05, 0) is 54.1 Å². The van der Waals surface area contributed by atoms with Gasteiger partial charge in [-0.25, -0.2) is 0 Å². The second-order valence-electron chi connectivity index (χ2n) is 6.67. The Morgan fingerprint density at radius 3 is 2.25 bits per heavy atom. The van der Waals surface area contributed by atoms with Crippen molar-refractivity contribution in [2.75, 3.05) is 19.6 Å². The highest BCUT2D eigenvalue weighted by Crippen LogP contribution is 2.23. The van der Waals surface area contributed by atoms with Gasteiger partial charge in [0, 0.05) is 18.7 Å². The molecule has 1 amide bonds. The highest BCUT2D eigenvalue weighted by molar-refractivity contribution is 5.94. The van der Waals surface area contributed by atoms with Gasteiger partial charge in [0.25, 0.3) is 5.91 Å². The standard InChI is InChI=1S/C21H26N2O/c1-2-3-16-4-6-18(7-5-16)19-8-10-20(11-9-19)21(24)23-13-12-17(14-22)15-23/h4-11,17H,2-3,12-15,22H2,1H3/t17-/m1/s1. The third-order valence-electron chi connectivity index (χ3n) is 4.86. The zero-order chi connectivity index (χ0) is 16.9. The third kappa shape index (κ3) is 3.68. The molecule has 1 aliphatic rings. The normalized spacial score (nSPS) is 17.2. The monoisotopic (exact) mass is 322 g/mol. The van der Waals surface area contributed by atoms with Crippen LogP contribution in [0.5, 0.6) is 0 Å². The Kier molecular flexibility index (Phi) is 5.31. The molecule has 24 heavy (non-hydrogen) atoms. The quantitative estimate of drug-likeness (QED) is 0.912. The molecule has 0 aromatic heterocycles. The average molecular weight is 322 g/mol. The van der Waals surface area contributed by atoms with Crippen LogP contribution in [0.2, 0.25) is 0 Å². The molecule has 0 aliphatic carbocycles. The van der Waals surface area contributed by atoms with E-state index in [0.717, 1.165) is 43.5 Å². The van der Waals surface area contributed by atoms with Crippen molar-refractivity contribution >= 4 is 5.91 Å². The van der Waals surface area contributed by atoms with Crippen LogP contribution in [0.15, 0.2) is 48.5 Å². The first-order chi connectivity index (χ1) is 11.7. The lowest BCUT2D eigenvalue weighted by Gasteiger charge is -2.16. The number of aryl methyl sites for hydroxylation is 1. The van der Waals surface area contributed by atoms with Crippen molar-refractivity contribution in [1.29, 1.82) is 0 Å². The summed E-state index contributed by atoms with van der Waals surface area (Å²) in [6.07, 6.45) is 3.30. The summed E-state index contributed by atoms with van der Waals surface area (Å²) in [5.74, 6) is 0.575. The van der Waals surface area contributed by atoms with Crippen LogP contribution in [0, 0.1) is 5.92 Å². The predicted molar refractivity (Wildman–Crippen MR) is 98.9 cm³/mol. The molecule has 0 bridgehead atoms. The van der Waals surface area contributed by atoms with Crippen molar-refractivity contribution in [3.05, 3.63) is 59.7 Å². The van der Waals surface area contributed by atoms with Crippen molar-refractivity contribution < 1.29 is 4.79 Å². The van der Waals surface area contributed by atoms with E-state index in [1.807, 2.05) is 29.2 Å². The van der Waals surface area contributed by atoms with E-state index in [1.54, 1.807) is 0 Å². The molecule has 2 aromatic carbocycles. The molecule has 2 N–H and O–H groups in total. The molecule has 0 radical (unpaired) electrons. The number of nitrogens with zero attached hydrogens (tertiary/aromatic N) is 1. The molecule has 1 heterocycles. The minimum atomic E-state index is 0.121. The second-order valence-corrected chi connectivity index (χ2v) is 6.67. The van der Waals surface area contributed by atoms with Crippen LogP contribution in [0.25, 0.3) is 11.1 Å². The van der Waals surface area contributed by atoms with Gasteiger partial charge in [0.2, 0.25) is 0 Å². The fourth-order valence-electron chi connectivity index (χ4n) is 3.35. The van der Waals surface area contributed by atoms with Crippen molar-refractivity contribution in [3.63, 3.8) is 0 Å². The fraction of sp³-hybridized carbons (Fsp3) is 0.381. The van der Waals surface area contributed by atoms with Crippen molar-refractivity contribution in [1.82, 2.24) is 4.90 Å². The number of hydrogen-bond donors (Lipinski definition) is 1. The van der Waals surface area contributed by atoms with E-state index in [0.29, 0.717) is 12.5 Å². The summed E-state index contributed by atoms with van der Waals surface area (Å²) in [7, 11) is 0. The first-order valence-corrected chi connectivity index (χ1v) is 8.90. The van der Waals surface area contributed by atoms with Crippen LogP contribution < -0.4 is 5.73 Å². The Morgan fingerprint density at radius 1 is 1.08 bits per heavy atom. The van der Waals surface area contributed by atoms with Gasteiger partial charge in [-0.3, -0.25) is 4.79 Å². The summed E-state index contributed by atoms with van der Waals surface area (Å²) >= 11 is 0. The topological polar surface area (TPSA) is 46.3 Å². The third-order valence-corrected chi connectivity index (χ3v) is 4.86. The lowest BCUT2D eigenvalue weighted by Crippen LogP contribution is -2.29. The lowest BCUT2D eigenvalue weighted by molar-refractivity contribution is 0.0787. The van der Waals surface area contributed by atoms with Crippen LogP contribution in [-0.4, -0.2) is 30.4 Å². The summed E-state index contributed by atoms with van der Waals surface area (Å²) in [5, 5.41) is 0. The highest BCUT2D eigenvalue weighted by atomic mass is 16.2. The van der Waals surface area contributed by atoms with E-state index in [4.69, 9.17) is 5.73 Å². The number of carbonyl (C=O) groups is 1. The van der Waals surface area contributed by atoms with E-state index in [2.05, 4.69) is 31.2 Å². The molecule has 0 unspecified atom stereocenters. The van der Waals surface area contributed by atoms with E-state index in [9.17, 15) is 4.79 Å². The Hall–Kier alpha value is -2.13. The van der Waals surface area contributed by atoms with E-state index < -0.39 is 0 Å². The Morgan fingerprint density at radius 2 is 1.71 bits per heavy atom. The molecular formula is C21H26N2O. The largest absolute Gasteiger partial charge is 0.338 e. The van der Waals surface area contributed by atoms with Crippen LogP contribution in [-0.2, 0) is 6.42 Å². The minimum absolute atomic E-state index is 0.121. The van der Waals surface area contributed by atoms with Gasteiger partial charge in [-0.2, -0.15) is 0 Å². The molecule has 0 saturated carbocycles. The predicted octanol–water partition coefficient (Wildman–Crippen LogP) is 3.73. The Labute approximate surface area is 144 Å². The second kappa shape index (κ2) is 7.63. The van der Waals surface area contributed by atoms with Crippen LogP contribution >= 0.6 is 0 Å². The molecule has 1 saturated heterocycles. The molecule has 0 spiro atoms.